The first-order valence-corrected chi connectivity index (χ1v) is 15.4. The first-order valence-electron chi connectivity index (χ1n) is 15.0. The van der Waals surface area contributed by atoms with E-state index in [1.165, 1.54) is 30.2 Å². The molecule has 2 aliphatic rings. The summed E-state index contributed by atoms with van der Waals surface area (Å²) >= 11 is 5.12. The van der Waals surface area contributed by atoms with Gasteiger partial charge in [-0.2, -0.15) is 5.10 Å². The van der Waals surface area contributed by atoms with Gasteiger partial charge in [0, 0.05) is 48.9 Å². The SMILES string of the molecule is COc1ccc(C2=NN(Cc3ccc(NC(=O)c4cccnc4)cc3)C(=O)CC2)cc1OC1CCCC1.O=C(Cl)c1cccnc1. The van der Waals surface area contributed by atoms with Gasteiger partial charge in [-0.05, 0) is 97.4 Å². The number of carbonyl (C=O) groups excluding carboxylic acids is 3. The number of aromatic nitrogens is 2. The van der Waals surface area contributed by atoms with Crippen LogP contribution in [0.3, 0.4) is 0 Å². The van der Waals surface area contributed by atoms with Crippen molar-refractivity contribution < 1.29 is 23.9 Å². The molecule has 1 saturated carbocycles. The van der Waals surface area contributed by atoms with E-state index in [-0.39, 0.29) is 17.9 Å². The fourth-order valence-electron chi connectivity index (χ4n) is 5.11. The molecule has 6 rings (SSSR count). The summed E-state index contributed by atoms with van der Waals surface area (Å²) in [5.41, 5.74) is 4.28. The van der Waals surface area contributed by atoms with Crippen molar-refractivity contribution >= 4 is 40.1 Å². The minimum absolute atomic E-state index is 0.0198. The molecule has 1 aliphatic carbocycles. The van der Waals surface area contributed by atoms with Gasteiger partial charge in [-0.3, -0.25) is 24.4 Å². The van der Waals surface area contributed by atoms with Crippen molar-refractivity contribution in [1.82, 2.24) is 15.0 Å². The molecule has 10 nitrogen and oxygen atoms in total. The Labute approximate surface area is 272 Å². The van der Waals surface area contributed by atoms with Crippen LogP contribution in [0.2, 0.25) is 0 Å². The molecule has 1 fully saturated rings. The Morgan fingerprint density at radius 3 is 2.22 bits per heavy atom. The average molecular weight is 640 g/mol. The van der Waals surface area contributed by atoms with Gasteiger partial charge in [0.2, 0.25) is 5.91 Å². The van der Waals surface area contributed by atoms with Crippen LogP contribution in [0.4, 0.5) is 5.69 Å². The summed E-state index contributed by atoms with van der Waals surface area (Å²) in [5.74, 6) is 1.18. The molecule has 0 spiro atoms. The smallest absolute Gasteiger partial charge is 0.257 e. The number of amides is 2. The molecule has 2 aromatic carbocycles. The van der Waals surface area contributed by atoms with Gasteiger partial charge in [0.15, 0.2) is 11.5 Å². The molecule has 0 unspecified atom stereocenters. The monoisotopic (exact) mass is 639 g/mol. The van der Waals surface area contributed by atoms with Crippen molar-refractivity contribution in [2.24, 2.45) is 5.10 Å². The van der Waals surface area contributed by atoms with E-state index in [1.54, 1.807) is 43.8 Å². The Morgan fingerprint density at radius 1 is 0.913 bits per heavy atom. The van der Waals surface area contributed by atoms with Gasteiger partial charge in [0.05, 0.1) is 36.6 Å². The Balaban J connectivity index is 0.000000400. The van der Waals surface area contributed by atoms with Crippen molar-refractivity contribution in [3.05, 3.63) is 114 Å². The molecular weight excluding hydrogens is 606 g/mol. The van der Waals surface area contributed by atoms with Crippen molar-refractivity contribution in [3.63, 3.8) is 0 Å². The molecule has 1 aliphatic heterocycles. The molecule has 46 heavy (non-hydrogen) atoms. The molecule has 0 saturated heterocycles. The average Bonchev–Trinajstić information content (AvgIpc) is 3.61. The Kier molecular flexibility index (Phi) is 11.1. The highest BCUT2D eigenvalue weighted by Gasteiger charge is 2.24. The zero-order valence-corrected chi connectivity index (χ0v) is 26.2. The predicted octanol–water partition coefficient (Wildman–Crippen LogP) is 6.65. The molecule has 2 amide bonds. The highest BCUT2D eigenvalue weighted by atomic mass is 35.5. The number of rotatable bonds is 9. The third-order valence-electron chi connectivity index (χ3n) is 7.55. The molecule has 4 aromatic rings. The molecule has 236 valence electrons. The minimum atomic E-state index is -0.469. The minimum Gasteiger partial charge on any atom is -0.493 e. The number of carbonyl (C=O) groups is 3. The maximum atomic E-state index is 12.7. The molecule has 3 heterocycles. The third kappa shape index (κ3) is 8.76. The molecule has 0 atom stereocenters. The maximum Gasteiger partial charge on any atom is 0.257 e. The summed E-state index contributed by atoms with van der Waals surface area (Å²) in [6, 6.07) is 20.0. The highest BCUT2D eigenvalue weighted by molar-refractivity contribution is 6.67. The van der Waals surface area contributed by atoms with Crippen LogP contribution in [-0.2, 0) is 11.3 Å². The van der Waals surface area contributed by atoms with E-state index in [0.717, 1.165) is 35.4 Å². The van der Waals surface area contributed by atoms with E-state index >= 15 is 0 Å². The topological polar surface area (TPSA) is 123 Å². The van der Waals surface area contributed by atoms with Crippen LogP contribution in [-0.4, -0.2) is 51.0 Å². The number of nitrogens with one attached hydrogen (secondary N) is 1. The molecule has 1 N–H and O–H groups in total. The van der Waals surface area contributed by atoms with Gasteiger partial charge < -0.3 is 14.8 Å². The Morgan fingerprint density at radius 2 is 1.61 bits per heavy atom. The lowest BCUT2D eigenvalue weighted by atomic mass is 10.0. The van der Waals surface area contributed by atoms with E-state index in [1.807, 2.05) is 42.5 Å². The zero-order chi connectivity index (χ0) is 32.3. The van der Waals surface area contributed by atoms with Crippen LogP contribution in [0.15, 0.2) is 96.6 Å². The second-order valence-corrected chi connectivity index (χ2v) is 11.1. The van der Waals surface area contributed by atoms with Crippen molar-refractivity contribution in [3.8, 4) is 11.5 Å². The standard InChI is InChI=1S/C29H30N4O4.C6H4ClNO/c1-36-26-14-10-21(17-27(26)37-24-6-2-3-7-24)25-13-15-28(34)33(32-25)19-20-8-11-23(12-9-20)31-29(35)22-5-4-16-30-18-22;7-6(9)5-2-1-3-8-4-5/h4-5,8-12,14,16-18,24H,2-3,6-7,13,15,19H2,1H3,(H,31,35);1-4H. The second kappa shape index (κ2) is 15.8. The summed E-state index contributed by atoms with van der Waals surface area (Å²) in [5, 5.41) is 8.60. The van der Waals surface area contributed by atoms with Gasteiger partial charge in [0.1, 0.15) is 0 Å². The Bertz CT molecular complexity index is 1680. The van der Waals surface area contributed by atoms with Gasteiger partial charge in [-0.15, -0.1) is 0 Å². The molecule has 11 heteroatoms. The van der Waals surface area contributed by atoms with E-state index in [2.05, 4.69) is 15.3 Å². The first-order chi connectivity index (χ1) is 22.4. The van der Waals surface area contributed by atoms with Crippen molar-refractivity contribution in [2.45, 2.75) is 51.2 Å². The molecule has 2 aromatic heterocycles. The molecule has 0 radical (unpaired) electrons. The third-order valence-corrected chi connectivity index (χ3v) is 7.77. The summed E-state index contributed by atoms with van der Waals surface area (Å²) in [6.45, 7) is 0.348. The number of halogens is 1. The van der Waals surface area contributed by atoms with E-state index in [0.29, 0.717) is 42.0 Å². The number of benzene rings is 2. The van der Waals surface area contributed by atoms with Gasteiger partial charge in [-0.1, -0.05) is 12.1 Å². The summed E-state index contributed by atoms with van der Waals surface area (Å²) in [4.78, 5) is 43.1. The highest BCUT2D eigenvalue weighted by Crippen LogP contribution is 2.33. The summed E-state index contributed by atoms with van der Waals surface area (Å²) in [6.07, 6.45) is 11.8. The normalized spacial score (nSPS) is 14.5. The number of methoxy groups -OCH3 is 1. The predicted molar refractivity (Wildman–Crippen MR) is 175 cm³/mol. The lowest BCUT2D eigenvalue weighted by Gasteiger charge is -2.24. The van der Waals surface area contributed by atoms with Gasteiger partial charge >= 0.3 is 0 Å². The first kappa shape index (κ1) is 32.3. The number of pyridine rings is 2. The fourth-order valence-corrected chi connectivity index (χ4v) is 5.22. The lowest BCUT2D eigenvalue weighted by molar-refractivity contribution is -0.132. The van der Waals surface area contributed by atoms with E-state index in [4.69, 9.17) is 26.2 Å². The number of hydrazone groups is 1. The van der Waals surface area contributed by atoms with Crippen molar-refractivity contribution in [2.75, 3.05) is 12.4 Å². The van der Waals surface area contributed by atoms with Crippen LogP contribution in [0.5, 0.6) is 11.5 Å². The number of ether oxygens (including phenoxy) is 2. The number of nitrogens with zero attached hydrogens (tertiary/aromatic N) is 4. The Hall–Kier alpha value is -5.09. The van der Waals surface area contributed by atoms with Crippen LogP contribution in [0, 0.1) is 0 Å². The molecular formula is C35H34ClN5O5. The van der Waals surface area contributed by atoms with Crippen molar-refractivity contribution in [1.29, 1.82) is 0 Å². The van der Waals surface area contributed by atoms with Crippen LogP contribution >= 0.6 is 11.6 Å². The largest absolute Gasteiger partial charge is 0.493 e. The number of anilines is 1. The van der Waals surface area contributed by atoms with E-state index < -0.39 is 5.24 Å². The van der Waals surface area contributed by atoms with Crippen LogP contribution < -0.4 is 14.8 Å². The van der Waals surface area contributed by atoms with Crippen LogP contribution in [0.1, 0.15) is 70.4 Å². The zero-order valence-electron chi connectivity index (χ0n) is 25.4. The maximum absolute atomic E-state index is 12.7. The van der Waals surface area contributed by atoms with Gasteiger partial charge in [0.25, 0.3) is 11.1 Å². The van der Waals surface area contributed by atoms with Crippen LogP contribution in [0.25, 0.3) is 0 Å². The second-order valence-electron chi connectivity index (χ2n) is 10.8. The quantitative estimate of drug-likeness (QED) is 0.203. The summed E-state index contributed by atoms with van der Waals surface area (Å²) in [7, 11) is 1.64. The number of hydrogen-bond acceptors (Lipinski definition) is 8. The molecule has 0 bridgehead atoms. The fraction of sp³-hybridized carbons (Fsp3) is 0.257. The number of hydrogen-bond donors (Lipinski definition) is 1. The lowest BCUT2D eigenvalue weighted by Crippen LogP contribution is -2.31. The summed E-state index contributed by atoms with van der Waals surface area (Å²) < 4.78 is 11.8. The van der Waals surface area contributed by atoms with E-state index in [9.17, 15) is 14.4 Å². The van der Waals surface area contributed by atoms with Gasteiger partial charge in [-0.25, -0.2) is 5.01 Å².